The predicted octanol–water partition coefficient (Wildman–Crippen LogP) is -0.650. The van der Waals surface area contributed by atoms with Gasteiger partial charge in [-0.2, -0.15) is 0 Å². The minimum atomic E-state index is -1.11. The van der Waals surface area contributed by atoms with Crippen LogP contribution < -0.4 is 5.73 Å². The van der Waals surface area contributed by atoms with Crippen molar-refractivity contribution in [2.45, 2.75) is 26.1 Å². The Kier molecular flexibility index (Phi) is 3.53. The average molecular weight is 161 g/mol. The Labute approximate surface area is 64.1 Å². The molecule has 0 aromatic carbocycles. The summed E-state index contributed by atoms with van der Waals surface area (Å²) in [5.41, 5.74) is 4.83. The molecule has 0 spiro atoms. The van der Waals surface area contributed by atoms with Gasteiger partial charge in [0.05, 0.1) is 0 Å². The minimum absolute atomic E-state index is 0.668. The molecule has 5 heteroatoms. The first-order valence-electron chi connectivity index (χ1n) is 3.12. The number of carboxylic acids is 1. The standard InChI is InChI=1S/C6H11NO4/c1-3(5(7)8)11-4(2)6(9)10/h3-4H,1-2H3,(H2,7,8)(H,9,10)/t3?,4-/m1/s1. The molecule has 3 N–H and O–H groups in total. The maximum Gasteiger partial charge on any atom is 0.332 e. The van der Waals surface area contributed by atoms with Gasteiger partial charge in [-0.1, -0.05) is 0 Å². The van der Waals surface area contributed by atoms with Crippen molar-refractivity contribution in [3.63, 3.8) is 0 Å². The van der Waals surface area contributed by atoms with Gasteiger partial charge in [0.15, 0.2) is 6.10 Å². The van der Waals surface area contributed by atoms with Gasteiger partial charge in [0, 0.05) is 0 Å². The van der Waals surface area contributed by atoms with Gasteiger partial charge in [-0.3, -0.25) is 4.79 Å². The van der Waals surface area contributed by atoms with E-state index in [1.807, 2.05) is 0 Å². The van der Waals surface area contributed by atoms with E-state index in [0.29, 0.717) is 0 Å². The molecule has 0 heterocycles. The molecule has 11 heavy (non-hydrogen) atoms. The second-order valence-electron chi connectivity index (χ2n) is 2.16. The molecular weight excluding hydrogens is 150 g/mol. The van der Waals surface area contributed by atoms with Gasteiger partial charge in [-0.15, -0.1) is 0 Å². The smallest absolute Gasteiger partial charge is 0.332 e. The van der Waals surface area contributed by atoms with Crippen LogP contribution in [0.3, 0.4) is 0 Å². The Balaban J connectivity index is 3.84. The molecule has 0 fully saturated rings. The molecular formula is C6H11NO4. The van der Waals surface area contributed by atoms with Crippen molar-refractivity contribution in [1.82, 2.24) is 0 Å². The molecule has 0 rings (SSSR count). The topological polar surface area (TPSA) is 89.6 Å². The second-order valence-corrected chi connectivity index (χ2v) is 2.16. The maximum absolute atomic E-state index is 10.4. The van der Waals surface area contributed by atoms with Crippen LogP contribution in [0.15, 0.2) is 0 Å². The Morgan fingerprint density at radius 2 is 1.82 bits per heavy atom. The summed E-state index contributed by atoms with van der Waals surface area (Å²) < 4.78 is 4.70. The highest BCUT2D eigenvalue weighted by molar-refractivity contribution is 5.79. The van der Waals surface area contributed by atoms with Gasteiger partial charge in [-0.05, 0) is 13.8 Å². The van der Waals surface area contributed by atoms with Crippen molar-refractivity contribution in [3.05, 3.63) is 0 Å². The third kappa shape index (κ3) is 3.57. The Morgan fingerprint density at radius 3 is 2.09 bits per heavy atom. The molecule has 0 radical (unpaired) electrons. The fourth-order valence-electron chi connectivity index (χ4n) is 0.431. The molecule has 1 amide bonds. The van der Waals surface area contributed by atoms with E-state index >= 15 is 0 Å². The number of aliphatic carboxylic acids is 1. The normalized spacial score (nSPS) is 15.5. The van der Waals surface area contributed by atoms with Crippen LogP contribution in [0.5, 0.6) is 0 Å². The van der Waals surface area contributed by atoms with Crippen LogP contribution in [-0.4, -0.2) is 29.2 Å². The first kappa shape index (κ1) is 9.90. The molecule has 1 unspecified atom stereocenters. The lowest BCUT2D eigenvalue weighted by atomic mass is 10.3. The second kappa shape index (κ2) is 3.92. The van der Waals surface area contributed by atoms with E-state index in [2.05, 4.69) is 0 Å². The van der Waals surface area contributed by atoms with Gasteiger partial charge in [0.25, 0.3) is 0 Å². The van der Waals surface area contributed by atoms with Crippen LogP contribution in [0, 0.1) is 0 Å². The molecule has 0 aromatic rings. The fraction of sp³-hybridized carbons (Fsp3) is 0.667. The number of rotatable bonds is 4. The van der Waals surface area contributed by atoms with Crippen molar-refractivity contribution in [2.24, 2.45) is 5.73 Å². The number of primary amides is 1. The Morgan fingerprint density at radius 1 is 1.36 bits per heavy atom. The lowest BCUT2D eigenvalue weighted by molar-refractivity contribution is -0.154. The molecule has 0 aliphatic rings. The minimum Gasteiger partial charge on any atom is -0.479 e. The van der Waals surface area contributed by atoms with E-state index < -0.39 is 24.1 Å². The highest BCUT2D eigenvalue weighted by Gasteiger charge is 2.17. The zero-order valence-corrected chi connectivity index (χ0v) is 6.40. The highest BCUT2D eigenvalue weighted by atomic mass is 16.5. The SMILES string of the molecule is CC(O[C@H](C)C(=O)O)C(N)=O. The first-order chi connectivity index (χ1) is 4.95. The summed E-state index contributed by atoms with van der Waals surface area (Å²) >= 11 is 0. The zero-order valence-electron chi connectivity index (χ0n) is 6.40. The number of carbonyl (C=O) groups excluding carboxylic acids is 1. The summed E-state index contributed by atoms with van der Waals surface area (Å²) in [5, 5.41) is 8.34. The maximum atomic E-state index is 10.4. The highest BCUT2D eigenvalue weighted by Crippen LogP contribution is 1.96. The van der Waals surface area contributed by atoms with Gasteiger partial charge in [-0.25, -0.2) is 4.79 Å². The van der Waals surface area contributed by atoms with Crippen molar-refractivity contribution in [3.8, 4) is 0 Å². The number of hydrogen-bond acceptors (Lipinski definition) is 3. The molecule has 0 saturated carbocycles. The van der Waals surface area contributed by atoms with Gasteiger partial charge >= 0.3 is 5.97 Å². The van der Waals surface area contributed by atoms with E-state index in [9.17, 15) is 9.59 Å². The van der Waals surface area contributed by atoms with E-state index in [1.165, 1.54) is 13.8 Å². The van der Waals surface area contributed by atoms with Gasteiger partial charge < -0.3 is 15.6 Å². The number of hydrogen-bond donors (Lipinski definition) is 2. The third-order valence-electron chi connectivity index (χ3n) is 1.16. The average Bonchev–Trinajstić information content (AvgIpc) is 1.87. The lowest BCUT2D eigenvalue weighted by Gasteiger charge is -2.12. The van der Waals surface area contributed by atoms with E-state index in [-0.39, 0.29) is 0 Å². The van der Waals surface area contributed by atoms with Crippen LogP contribution in [0.1, 0.15) is 13.8 Å². The van der Waals surface area contributed by atoms with E-state index in [1.54, 1.807) is 0 Å². The first-order valence-corrected chi connectivity index (χ1v) is 3.12. The largest absolute Gasteiger partial charge is 0.479 e. The summed E-state index contributed by atoms with van der Waals surface area (Å²) in [5.74, 6) is -1.78. The van der Waals surface area contributed by atoms with Crippen molar-refractivity contribution in [2.75, 3.05) is 0 Å². The van der Waals surface area contributed by atoms with E-state index in [4.69, 9.17) is 15.6 Å². The van der Waals surface area contributed by atoms with Crippen molar-refractivity contribution >= 4 is 11.9 Å². The van der Waals surface area contributed by atoms with Gasteiger partial charge in [0.2, 0.25) is 5.91 Å². The molecule has 0 bridgehead atoms. The fourth-order valence-corrected chi connectivity index (χ4v) is 0.431. The number of amides is 1. The molecule has 0 aromatic heterocycles. The quantitative estimate of drug-likeness (QED) is 0.573. The van der Waals surface area contributed by atoms with Gasteiger partial charge in [0.1, 0.15) is 6.10 Å². The molecule has 0 aliphatic heterocycles. The summed E-state index contributed by atoms with van der Waals surface area (Å²) in [6.45, 7) is 2.74. The summed E-state index contributed by atoms with van der Waals surface area (Å²) in [4.78, 5) is 20.5. The zero-order chi connectivity index (χ0) is 9.02. The van der Waals surface area contributed by atoms with Crippen LogP contribution >= 0.6 is 0 Å². The molecule has 5 nitrogen and oxygen atoms in total. The Hall–Kier alpha value is -1.10. The van der Waals surface area contributed by atoms with Crippen molar-refractivity contribution < 1.29 is 19.4 Å². The molecule has 2 atom stereocenters. The number of carboxylic acid groups (broad SMARTS) is 1. The van der Waals surface area contributed by atoms with Crippen LogP contribution in [0.25, 0.3) is 0 Å². The van der Waals surface area contributed by atoms with Crippen LogP contribution in [0.4, 0.5) is 0 Å². The number of ether oxygens (including phenoxy) is 1. The monoisotopic (exact) mass is 161 g/mol. The lowest BCUT2D eigenvalue weighted by Crippen LogP contribution is -2.34. The molecule has 64 valence electrons. The number of nitrogens with two attached hydrogens (primary N) is 1. The summed E-state index contributed by atoms with van der Waals surface area (Å²) in [6.07, 6.45) is -1.86. The third-order valence-corrected chi connectivity index (χ3v) is 1.16. The van der Waals surface area contributed by atoms with Crippen LogP contribution in [-0.2, 0) is 14.3 Å². The number of carbonyl (C=O) groups is 2. The Bertz CT molecular complexity index is 150. The van der Waals surface area contributed by atoms with Crippen molar-refractivity contribution in [1.29, 1.82) is 0 Å². The van der Waals surface area contributed by atoms with E-state index in [0.717, 1.165) is 0 Å². The predicted molar refractivity (Wildman–Crippen MR) is 36.8 cm³/mol. The molecule has 0 aliphatic carbocycles. The van der Waals surface area contributed by atoms with Crippen LogP contribution in [0.2, 0.25) is 0 Å². The molecule has 0 saturated heterocycles. The summed E-state index contributed by atoms with van der Waals surface area (Å²) in [7, 11) is 0. The summed E-state index contributed by atoms with van der Waals surface area (Å²) in [6, 6.07) is 0.